The summed E-state index contributed by atoms with van der Waals surface area (Å²) in [4.78, 5) is 0. The minimum Gasteiger partial charge on any atom is -0.461 e. The van der Waals surface area contributed by atoms with E-state index in [-0.39, 0.29) is 0 Å². The molecule has 1 aromatic rings. The van der Waals surface area contributed by atoms with Crippen molar-refractivity contribution in [3.8, 4) is 0 Å². The van der Waals surface area contributed by atoms with Crippen LogP contribution in [0.2, 0.25) is 0 Å². The van der Waals surface area contributed by atoms with Crippen LogP contribution < -0.4 is 0 Å². The van der Waals surface area contributed by atoms with Gasteiger partial charge >= 0.3 is 0 Å². The van der Waals surface area contributed by atoms with Gasteiger partial charge in [0.05, 0.1) is 0 Å². The Morgan fingerprint density at radius 1 is 0.517 bits per heavy atom. The van der Waals surface area contributed by atoms with Crippen LogP contribution in [0.5, 0.6) is 0 Å². The van der Waals surface area contributed by atoms with Crippen molar-refractivity contribution in [3.05, 3.63) is 23.7 Å². The molecule has 0 saturated heterocycles. The minimum absolute atomic E-state index is 0.578. The molecule has 0 aliphatic rings. The smallest absolute Gasteiger partial charge is 0.129 e. The highest BCUT2D eigenvalue weighted by Gasteiger charge is 2.03. The van der Waals surface area contributed by atoms with Crippen molar-refractivity contribution in [2.24, 2.45) is 0 Å². The monoisotopic (exact) mass is 408 g/mol. The standard InChI is InChI=1S/C26H48O3/c1-3-5-7-9-11-13-15-17-21-27-23-25-19-20-26(29-25)24-28-22-18-16-14-12-10-8-6-4-2/h19-20H,3-18,21-24H2,1-2H3. The Bertz CT molecular complexity index is 402. The zero-order chi connectivity index (χ0) is 20.8. The van der Waals surface area contributed by atoms with Crippen molar-refractivity contribution < 1.29 is 13.9 Å². The van der Waals surface area contributed by atoms with E-state index >= 15 is 0 Å². The summed E-state index contributed by atoms with van der Waals surface area (Å²) in [6.07, 6.45) is 21.3. The highest BCUT2D eigenvalue weighted by atomic mass is 16.5. The van der Waals surface area contributed by atoms with E-state index < -0.39 is 0 Å². The van der Waals surface area contributed by atoms with Crippen LogP contribution in [0.4, 0.5) is 0 Å². The molecular formula is C26H48O3. The Morgan fingerprint density at radius 3 is 1.24 bits per heavy atom. The average molecular weight is 409 g/mol. The second kappa shape index (κ2) is 20.5. The first-order valence-electron chi connectivity index (χ1n) is 12.6. The molecule has 0 radical (unpaired) electrons. The Hall–Kier alpha value is -0.800. The van der Waals surface area contributed by atoms with Gasteiger partial charge < -0.3 is 13.9 Å². The Balaban J connectivity index is 1.88. The third-order valence-corrected chi connectivity index (χ3v) is 5.49. The SMILES string of the molecule is CCCCCCCCCCOCc1ccc(COCCCCCCCCCC)o1. The molecule has 0 atom stereocenters. The zero-order valence-electron chi connectivity index (χ0n) is 19.5. The highest BCUT2D eigenvalue weighted by Crippen LogP contribution is 2.13. The summed E-state index contributed by atoms with van der Waals surface area (Å²) in [5, 5.41) is 0. The van der Waals surface area contributed by atoms with Crippen LogP contribution in [0.1, 0.15) is 128 Å². The second-order valence-electron chi connectivity index (χ2n) is 8.42. The predicted molar refractivity (Wildman–Crippen MR) is 123 cm³/mol. The van der Waals surface area contributed by atoms with E-state index in [1.165, 1.54) is 89.9 Å². The molecule has 3 heteroatoms. The van der Waals surface area contributed by atoms with Crippen LogP contribution in [-0.4, -0.2) is 13.2 Å². The molecule has 0 aliphatic heterocycles. The van der Waals surface area contributed by atoms with Gasteiger partial charge in [-0.1, -0.05) is 104 Å². The molecule has 0 aliphatic carbocycles. The van der Waals surface area contributed by atoms with Crippen molar-refractivity contribution >= 4 is 0 Å². The molecule has 0 bridgehead atoms. The normalized spacial score (nSPS) is 11.4. The number of hydrogen-bond donors (Lipinski definition) is 0. The maximum atomic E-state index is 5.80. The van der Waals surface area contributed by atoms with Crippen molar-refractivity contribution in [3.63, 3.8) is 0 Å². The van der Waals surface area contributed by atoms with Crippen LogP contribution in [0.25, 0.3) is 0 Å². The number of unbranched alkanes of at least 4 members (excludes halogenated alkanes) is 14. The van der Waals surface area contributed by atoms with E-state index in [1.807, 2.05) is 12.1 Å². The average Bonchev–Trinajstić information content (AvgIpc) is 3.18. The quantitative estimate of drug-likeness (QED) is 0.180. The lowest BCUT2D eigenvalue weighted by Gasteiger charge is -2.04. The molecule has 29 heavy (non-hydrogen) atoms. The minimum atomic E-state index is 0.578. The Kier molecular flexibility index (Phi) is 18.5. The molecule has 0 fully saturated rings. The Labute approximate surface area is 180 Å². The summed E-state index contributed by atoms with van der Waals surface area (Å²) in [5.74, 6) is 1.82. The van der Waals surface area contributed by atoms with Crippen LogP contribution >= 0.6 is 0 Å². The van der Waals surface area contributed by atoms with Crippen molar-refractivity contribution in [1.82, 2.24) is 0 Å². The van der Waals surface area contributed by atoms with E-state index in [0.717, 1.165) is 37.6 Å². The first kappa shape index (κ1) is 26.2. The number of furan rings is 1. The molecule has 0 N–H and O–H groups in total. The lowest BCUT2D eigenvalue weighted by molar-refractivity contribution is 0.0863. The molecule has 3 nitrogen and oxygen atoms in total. The third-order valence-electron chi connectivity index (χ3n) is 5.49. The Morgan fingerprint density at radius 2 is 0.862 bits per heavy atom. The number of ether oxygens (including phenoxy) is 2. The van der Waals surface area contributed by atoms with Crippen molar-refractivity contribution in [2.45, 2.75) is 130 Å². The summed E-state index contributed by atoms with van der Waals surface area (Å²) in [6, 6.07) is 4.03. The molecule has 1 rings (SSSR count). The van der Waals surface area contributed by atoms with Crippen LogP contribution in [0.15, 0.2) is 16.5 Å². The summed E-state index contributed by atoms with van der Waals surface area (Å²) in [5.41, 5.74) is 0. The van der Waals surface area contributed by atoms with Gasteiger partial charge in [-0.15, -0.1) is 0 Å². The summed E-state index contributed by atoms with van der Waals surface area (Å²) in [6.45, 7) is 7.36. The lowest BCUT2D eigenvalue weighted by atomic mass is 10.1. The van der Waals surface area contributed by atoms with Crippen molar-refractivity contribution in [2.75, 3.05) is 13.2 Å². The van der Waals surface area contributed by atoms with Crippen molar-refractivity contribution in [1.29, 1.82) is 0 Å². The van der Waals surface area contributed by atoms with E-state index in [4.69, 9.17) is 13.9 Å². The number of rotatable bonds is 22. The molecule has 1 aromatic heterocycles. The lowest BCUT2D eigenvalue weighted by Crippen LogP contribution is -1.96. The topological polar surface area (TPSA) is 31.6 Å². The van der Waals surface area contributed by atoms with E-state index in [9.17, 15) is 0 Å². The van der Waals surface area contributed by atoms with Crippen LogP contribution in [0.3, 0.4) is 0 Å². The number of hydrogen-bond acceptors (Lipinski definition) is 3. The summed E-state index contributed by atoms with van der Waals surface area (Å²) >= 11 is 0. The molecule has 170 valence electrons. The fourth-order valence-electron chi connectivity index (χ4n) is 3.60. The first-order valence-corrected chi connectivity index (χ1v) is 12.6. The van der Waals surface area contributed by atoms with E-state index in [0.29, 0.717) is 13.2 Å². The van der Waals surface area contributed by atoms with Crippen LogP contribution in [-0.2, 0) is 22.7 Å². The zero-order valence-corrected chi connectivity index (χ0v) is 19.5. The van der Waals surface area contributed by atoms with Gasteiger partial charge in [-0.2, -0.15) is 0 Å². The molecular weight excluding hydrogens is 360 g/mol. The van der Waals surface area contributed by atoms with E-state index in [1.54, 1.807) is 0 Å². The fraction of sp³-hybridized carbons (Fsp3) is 0.846. The van der Waals surface area contributed by atoms with Gasteiger partial charge in [0, 0.05) is 13.2 Å². The maximum Gasteiger partial charge on any atom is 0.129 e. The third kappa shape index (κ3) is 16.7. The fourth-order valence-corrected chi connectivity index (χ4v) is 3.60. The second-order valence-corrected chi connectivity index (χ2v) is 8.42. The predicted octanol–water partition coefficient (Wildman–Crippen LogP) is 8.59. The van der Waals surface area contributed by atoms with E-state index in [2.05, 4.69) is 13.8 Å². The van der Waals surface area contributed by atoms with Gasteiger partial charge in [-0.25, -0.2) is 0 Å². The molecule has 0 spiro atoms. The molecule has 0 amide bonds. The first-order chi connectivity index (χ1) is 14.4. The largest absolute Gasteiger partial charge is 0.461 e. The highest BCUT2D eigenvalue weighted by molar-refractivity contribution is 5.05. The molecule has 0 unspecified atom stereocenters. The summed E-state index contributed by atoms with van der Waals surface area (Å²) in [7, 11) is 0. The molecule has 0 aromatic carbocycles. The van der Waals surface area contributed by atoms with Gasteiger partial charge in [0.15, 0.2) is 0 Å². The molecule has 1 heterocycles. The van der Waals surface area contributed by atoms with Crippen LogP contribution in [0, 0.1) is 0 Å². The van der Waals surface area contributed by atoms with Gasteiger partial charge in [0.1, 0.15) is 24.7 Å². The van der Waals surface area contributed by atoms with Gasteiger partial charge in [0.2, 0.25) is 0 Å². The maximum absolute atomic E-state index is 5.80. The van der Waals surface area contributed by atoms with Gasteiger partial charge in [-0.3, -0.25) is 0 Å². The van der Waals surface area contributed by atoms with Gasteiger partial charge in [-0.05, 0) is 25.0 Å². The molecule has 0 saturated carbocycles. The summed E-state index contributed by atoms with van der Waals surface area (Å²) < 4.78 is 17.3. The van der Waals surface area contributed by atoms with Gasteiger partial charge in [0.25, 0.3) is 0 Å².